The number of aliphatic hydroxyl groups excluding tert-OH is 1. The first-order valence-corrected chi connectivity index (χ1v) is 6.98. The highest BCUT2D eigenvalue weighted by Crippen LogP contribution is 2.18. The van der Waals surface area contributed by atoms with Gasteiger partial charge in [-0.2, -0.15) is 0 Å². The van der Waals surface area contributed by atoms with Gasteiger partial charge in [-0.3, -0.25) is 4.79 Å². The van der Waals surface area contributed by atoms with Crippen LogP contribution in [0, 0.1) is 11.8 Å². The van der Waals surface area contributed by atoms with Crippen LogP contribution in [0.1, 0.15) is 26.3 Å². The lowest BCUT2D eigenvalue weighted by Crippen LogP contribution is -2.38. The van der Waals surface area contributed by atoms with Gasteiger partial charge in [0, 0.05) is 17.5 Å². The van der Waals surface area contributed by atoms with E-state index in [0.717, 1.165) is 5.56 Å². The zero-order valence-electron chi connectivity index (χ0n) is 11.7. The fraction of sp³-hybridized carbons (Fsp3) is 0.533. The predicted molar refractivity (Wildman–Crippen MR) is 78.2 cm³/mol. The number of carbonyl (C=O) groups excluding carboxylic acids is 1. The van der Waals surface area contributed by atoms with Gasteiger partial charge < -0.3 is 10.4 Å². The van der Waals surface area contributed by atoms with Crippen LogP contribution in [0.4, 0.5) is 0 Å². The van der Waals surface area contributed by atoms with Crippen LogP contribution in [0.25, 0.3) is 0 Å². The number of hydrogen-bond acceptors (Lipinski definition) is 2. The highest BCUT2D eigenvalue weighted by atomic mass is 35.5. The monoisotopic (exact) mass is 283 g/mol. The maximum atomic E-state index is 11.9. The van der Waals surface area contributed by atoms with E-state index >= 15 is 0 Å². The summed E-state index contributed by atoms with van der Waals surface area (Å²) in [5.74, 6) is -0.0851. The molecule has 0 bridgehead atoms. The molecule has 0 radical (unpaired) electrons. The minimum atomic E-state index is -0.503. The van der Waals surface area contributed by atoms with Crippen molar-refractivity contribution < 1.29 is 9.90 Å². The van der Waals surface area contributed by atoms with E-state index in [1.54, 1.807) is 0 Å². The molecule has 2 unspecified atom stereocenters. The fourth-order valence-electron chi connectivity index (χ4n) is 1.70. The predicted octanol–water partition coefficient (Wildman–Crippen LogP) is 2.65. The van der Waals surface area contributed by atoms with Crippen LogP contribution in [0.3, 0.4) is 0 Å². The Balaban J connectivity index is 2.47. The molecule has 0 saturated heterocycles. The Morgan fingerprint density at radius 2 is 1.95 bits per heavy atom. The molecule has 4 heteroatoms. The lowest BCUT2D eigenvalue weighted by molar-refractivity contribution is -0.125. The van der Waals surface area contributed by atoms with Crippen molar-refractivity contribution in [3.63, 3.8) is 0 Å². The molecule has 19 heavy (non-hydrogen) atoms. The molecule has 0 aliphatic carbocycles. The molecule has 106 valence electrons. The minimum Gasteiger partial charge on any atom is -0.391 e. The first-order chi connectivity index (χ1) is 8.91. The number of aliphatic hydroxyl groups is 1. The second-order valence-electron chi connectivity index (χ2n) is 5.25. The second-order valence-corrected chi connectivity index (χ2v) is 5.66. The first kappa shape index (κ1) is 16.0. The molecule has 1 amide bonds. The maximum Gasteiger partial charge on any atom is 0.223 e. The molecular formula is C15H22ClNO2. The van der Waals surface area contributed by atoms with Gasteiger partial charge >= 0.3 is 0 Å². The van der Waals surface area contributed by atoms with Gasteiger partial charge in [0.25, 0.3) is 0 Å². The topological polar surface area (TPSA) is 49.3 Å². The van der Waals surface area contributed by atoms with Gasteiger partial charge in [0.05, 0.1) is 6.10 Å². The molecule has 1 aromatic rings. The first-order valence-electron chi connectivity index (χ1n) is 6.61. The summed E-state index contributed by atoms with van der Waals surface area (Å²) in [6.07, 6.45) is 0.0972. The fourth-order valence-corrected chi connectivity index (χ4v) is 1.91. The average Bonchev–Trinajstić information content (AvgIpc) is 2.37. The summed E-state index contributed by atoms with van der Waals surface area (Å²) < 4.78 is 0. The second kappa shape index (κ2) is 7.51. The third-order valence-electron chi connectivity index (χ3n) is 3.19. The van der Waals surface area contributed by atoms with Crippen molar-refractivity contribution in [2.45, 2.75) is 33.3 Å². The number of rotatable bonds is 6. The molecule has 1 rings (SSSR count). The van der Waals surface area contributed by atoms with Gasteiger partial charge in [-0.25, -0.2) is 0 Å². The Bertz CT molecular complexity index is 420. The van der Waals surface area contributed by atoms with Crippen LogP contribution in [-0.2, 0) is 11.2 Å². The third kappa shape index (κ3) is 5.21. The Morgan fingerprint density at radius 1 is 1.32 bits per heavy atom. The normalized spacial score (nSPS) is 14.2. The number of benzene rings is 1. The molecule has 0 saturated carbocycles. The number of halogens is 1. The summed E-state index contributed by atoms with van der Waals surface area (Å²) in [5, 5.41) is 13.1. The number of hydrogen-bond donors (Lipinski definition) is 2. The van der Waals surface area contributed by atoms with Crippen molar-refractivity contribution in [3.8, 4) is 0 Å². The van der Waals surface area contributed by atoms with Gasteiger partial charge in [0.1, 0.15) is 0 Å². The minimum absolute atomic E-state index is 0.0559. The van der Waals surface area contributed by atoms with Gasteiger partial charge in [-0.1, -0.05) is 50.6 Å². The molecule has 0 aliphatic heterocycles. The SMILES string of the molecule is CC(Cc1ccccc1Cl)C(=O)NCC(O)C(C)C. The van der Waals surface area contributed by atoms with Gasteiger partial charge in [0.2, 0.25) is 5.91 Å². The van der Waals surface area contributed by atoms with Crippen LogP contribution in [0.5, 0.6) is 0 Å². The van der Waals surface area contributed by atoms with E-state index in [1.165, 1.54) is 0 Å². The number of nitrogens with one attached hydrogen (secondary N) is 1. The molecule has 0 aliphatic rings. The average molecular weight is 284 g/mol. The van der Waals surface area contributed by atoms with E-state index in [0.29, 0.717) is 18.0 Å². The van der Waals surface area contributed by atoms with Crippen molar-refractivity contribution >= 4 is 17.5 Å². The summed E-state index contributed by atoms with van der Waals surface area (Å²) in [6.45, 7) is 6.00. The zero-order valence-corrected chi connectivity index (χ0v) is 12.4. The van der Waals surface area contributed by atoms with Crippen LogP contribution in [-0.4, -0.2) is 23.7 Å². The number of amides is 1. The zero-order chi connectivity index (χ0) is 14.4. The largest absolute Gasteiger partial charge is 0.391 e. The Hall–Kier alpha value is -1.06. The lowest BCUT2D eigenvalue weighted by Gasteiger charge is -2.17. The standard InChI is InChI=1S/C15H22ClNO2/c1-10(2)14(18)9-17-15(19)11(3)8-12-6-4-5-7-13(12)16/h4-7,10-11,14,18H,8-9H2,1-3H3,(H,17,19). The smallest absolute Gasteiger partial charge is 0.223 e. The summed E-state index contributed by atoms with van der Waals surface area (Å²) in [7, 11) is 0. The maximum absolute atomic E-state index is 11.9. The van der Waals surface area contributed by atoms with E-state index < -0.39 is 6.10 Å². The van der Waals surface area contributed by atoms with Gasteiger partial charge in [-0.05, 0) is 24.0 Å². The summed E-state index contributed by atoms with van der Waals surface area (Å²) in [6, 6.07) is 7.53. The molecule has 3 nitrogen and oxygen atoms in total. The van der Waals surface area contributed by atoms with Crippen molar-refractivity contribution in [3.05, 3.63) is 34.9 Å². The quantitative estimate of drug-likeness (QED) is 0.843. The molecule has 0 aromatic heterocycles. The van der Waals surface area contributed by atoms with E-state index in [1.807, 2.05) is 45.0 Å². The van der Waals surface area contributed by atoms with Crippen LogP contribution in [0.2, 0.25) is 5.02 Å². The lowest BCUT2D eigenvalue weighted by atomic mass is 10.00. The van der Waals surface area contributed by atoms with Crippen molar-refractivity contribution in [2.75, 3.05) is 6.54 Å². The van der Waals surface area contributed by atoms with E-state index in [2.05, 4.69) is 5.32 Å². The molecule has 0 fully saturated rings. The number of carbonyl (C=O) groups is 1. The summed E-state index contributed by atoms with van der Waals surface area (Å²) in [4.78, 5) is 11.9. The van der Waals surface area contributed by atoms with Crippen LogP contribution < -0.4 is 5.32 Å². The van der Waals surface area contributed by atoms with E-state index in [9.17, 15) is 9.90 Å². The van der Waals surface area contributed by atoms with Crippen LogP contribution in [0.15, 0.2) is 24.3 Å². The molecule has 1 aromatic carbocycles. The molecule has 0 spiro atoms. The van der Waals surface area contributed by atoms with E-state index in [4.69, 9.17) is 11.6 Å². The van der Waals surface area contributed by atoms with Crippen molar-refractivity contribution in [1.29, 1.82) is 0 Å². The third-order valence-corrected chi connectivity index (χ3v) is 3.56. The highest BCUT2D eigenvalue weighted by molar-refractivity contribution is 6.31. The molecule has 2 atom stereocenters. The highest BCUT2D eigenvalue weighted by Gasteiger charge is 2.17. The van der Waals surface area contributed by atoms with E-state index in [-0.39, 0.29) is 17.7 Å². The van der Waals surface area contributed by atoms with Crippen molar-refractivity contribution in [2.24, 2.45) is 11.8 Å². The molecule has 2 N–H and O–H groups in total. The van der Waals surface area contributed by atoms with Gasteiger partial charge in [-0.15, -0.1) is 0 Å². The Kier molecular flexibility index (Phi) is 6.32. The molecular weight excluding hydrogens is 262 g/mol. The molecule has 0 heterocycles. The Labute approximate surface area is 120 Å². The van der Waals surface area contributed by atoms with Gasteiger partial charge in [0.15, 0.2) is 0 Å². The van der Waals surface area contributed by atoms with Crippen molar-refractivity contribution in [1.82, 2.24) is 5.32 Å². The summed E-state index contributed by atoms with van der Waals surface area (Å²) in [5.41, 5.74) is 0.969. The summed E-state index contributed by atoms with van der Waals surface area (Å²) >= 11 is 6.07. The van der Waals surface area contributed by atoms with Crippen LogP contribution >= 0.6 is 11.6 Å². The Morgan fingerprint density at radius 3 is 2.53 bits per heavy atom.